The van der Waals surface area contributed by atoms with E-state index in [2.05, 4.69) is 5.32 Å². The molecule has 37 heavy (non-hydrogen) atoms. The topological polar surface area (TPSA) is 105 Å². The van der Waals surface area contributed by atoms with E-state index >= 15 is 0 Å². The van der Waals surface area contributed by atoms with E-state index in [0.717, 1.165) is 11.8 Å². The molecule has 0 fully saturated rings. The molecule has 1 heterocycles. The van der Waals surface area contributed by atoms with E-state index in [1.165, 1.54) is 30.3 Å². The number of nitrogens with one attached hydrogen (secondary N) is 1. The minimum absolute atomic E-state index is 0.00802. The predicted molar refractivity (Wildman–Crippen MR) is 138 cm³/mol. The number of carboxylic acid groups (broad SMARTS) is 1. The Morgan fingerprint density at radius 1 is 0.973 bits per heavy atom. The lowest BCUT2D eigenvalue weighted by atomic mass is 10.1. The van der Waals surface area contributed by atoms with Crippen LogP contribution in [-0.4, -0.2) is 36.2 Å². The smallest absolute Gasteiger partial charge is 0.330 e. The van der Waals surface area contributed by atoms with Crippen molar-refractivity contribution in [3.63, 3.8) is 0 Å². The lowest BCUT2D eigenvalue weighted by molar-refractivity contribution is -0.142. The third-order valence-corrected chi connectivity index (χ3v) is 7.13. The lowest BCUT2D eigenvalue weighted by Gasteiger charge is -2.16. The van der Waals surface area contributed by atoms with Gasteiger partial charge in [-0.1, -0.05) is 48.5 Å². The maximum absolute atomic E-state index is 14.1. The third-order valence-electron chi connectivity index (χ3n) is 6.00. The number of carboxylic acids is 1. The molecule has 0 aliphatic carbocycles. The van der Waals surface area contributed by atoms with Crippen molar-refractivity contribution in [2.45, 2.75) is 24.3 Å². The highest BCUT2D eigenvalue weighted by Gasteiger charge is 2.28. The molecule has 1 atom stereocenters. The zero-order chi connectivity index (χ0) is 26.7. The zero-order valence-corrected chi connectivity index (χ0v) is 21.0. The van der Waals surface area contributed by atoms with Crippen LogP contribution in [0.4, 0.5) is 4.39 Å². The molecule has 0 saturated heterocycles. The number of rotatable bonds is 8. The largest absolute Gasteiger partial charge is 0.479 e. The van der Waals surface area contributed by atoms with Gasteiger partial charge in [0.1, 0.15) is 5.82 Å². The molecule has 0 aliphatic rings. The van der Waals surface area contributed by atoms with Gasteiger partial charge in [-0.2, -0.15) is 0 Å². The van der Waals surface area contributed by atoms with Crippen LogP contribution in [0.25, 0.3) is 16.9 Å². The second kappa shape index (κ2) is 10.4. The first-order chi connectivity index (χ1) is 17.5. The van der Waals surface area contributed by atoms with E-state index in [4.69, 9.17) is 0 Å². The number of nitrogens with zero attached hydrogens (tertiary/aromatic N) is 1. The summed E-state index contributed by atoms with van der Waals surface area (Å²) >= 11 is 0. The molecule has 0 aliphatic heterocycles. The first-order valence-electron chi connectivity index (χ1n) is 11.4. The summed E-state index contributed by atoms with van der Waals surface area (Å²) < 4.78 is 39.7. The van der Waals surface area contributed by atoms with Gasteiger partial charge in [0.05, 0.1) is 17.0 Å². The van der Waals surface area contributed by atoms with Crippen molar-refractivity contribution in [1.29, 1.82) is 0 Å². The molecule has 3 aromatic carbocycles. The third kappa shape index (κ3) is 5.78. The minimum Gasteiger partial charge on any atom is -0.479 e. The van der Waals surface area contributed by atoms with Crippen LogP contribution >= 0.6 is 0 Å². The van der Waals surface area contributed by atoms with Gasteiger partial charge < -0.3 is 15.0 Å². The minimum atomic E-state index is -3.42. The Morgan fingerprint density at radius 2 is 1.65 bits per heavy atom. The number of carbonyl (C=O) groups excluding carboxylic acids is 1. The Hall–Kier alpha value is -4.24. The van der Waals surface area contributed by atoms with E-state index in [9.17, 15) is 27.5 Å². The molecular formula is C28H25FN2O5S. The molecule has 0 saturated carbocycles. The molecule has 0 bridgehead atoms. The number of halogens is 1. The summed E-state index contributed by atoms with van der Waals surface area (Å²) in [7, 11) is -3.42. The van der Waals surface area contributed by atoms with Crippen LogP contribution in [0.15, 0.2) is 89.8 Å². The highest BCUT2D eigenvalue weighted by Crippen LogP contribution is 2.33. The van der Waals surface area contributed by atoms with E-state index in [0.29, 0.717) is 28.2 Å². The highest BCUT2D eigenvalue weighted by molar-refractivity contribution is 7.90. The number of sulfone groups is 1. The summed E-state index contributed by atoms with van der Waals surface area (Å²) in [6.07, 6.45) is 1.11. The fourth-order valence-electron chi connectivity index (χ4n) is 4.22. The van der Waals surface area contributed by atoms with Gasteiger partial charge in [-0.3, -0.25) is 4.79 Å². The normalized spacial score (nSPS) is 12.2. The zero-order valence-electron chi connectivity index (χ0n) is 20.2. The number of hydrogen-bond acceptors (Lipinski definition) is 4. The molecule has 2 N–H and O–H groups in total. The van der Waals surface area contributed by atoms with Gasteiger partial charge in [0.25, 0.3) is 0 Å². The summed E-state index contributed by atoms with van der Waals surface area (Å²) in [6, 6.07) is 21.2. The number of benzene rings is 3. The van der Waals surface area contributed by atoms with E-state index in [1.807, 2.05) is 6.07 Å². The number of carbonyl (C=O) groups is 2. The lowest BCUT2D eigenvalue weighted by Crippen LogP contribution is -2.35. The molecular weight excluding hydrogens is 495 g/mol. The van der Waals surface area contributed by atoms with E-state index < -0.39 is 33.6 Å². The van der Waals surface area contributed by atoms with Crippen molar-refractivity contribution < 1.29 is 27.5 Å². The average molecular weight is 521 g/mol. The van der Waals surface area contributed by atoms with Crippen LogP contribution in [0.5, 0.6) is 0 Å². The summed E-state index contributed by atoms with van der Waals surface area (Å²) in [6.45, 7) is 1.69. The fourth-order valence-corrected chi connectivity index (χ4v) is 4.85. The van der Waals surface area contributed by atoms with Crippen molar-refractivity contribution >= 4 is 21.7 Å². The van der Waals surface area contributed by atoms with Gasteiger partial charge in [0, 0.05) is 23.2 Å². The molecule has 1 unspecified atom stereocenters. The van der Waals surface area contributed by atoms with Crippen LogP contribution in [0.3, 0.4) is 0 Å². The molecule has 9 heteroatoms. The number of hydrogen-bond donors (Lipinski definition) is 2. The first kappa shape index (κ1) is 25.8. The molecule has 0 spiro atoms. The average Bonchev–Trinajstić information content (AvgIpc) is 3.19. The monoisotopic (exact) mass is 520 g/mol. The Labute approximate surface area is 214 Å². The second-order valence-corrected chi connectivity index (χ2v) is 10.7. The summed E-state index contributed by atoms with van der Waals surface area (Å²) in [5, 5.41) is 12.6. The van der Waals surface area contributed by atoms with Gasteiger partial charge in [0.2, 0.25) is 5.91 Å². The van der Waals surface area contributed by atoms with Crippen molar-refractivity contribution in [2.24, 2.45) is 0 Å². The summed E-state index contributed by atoms with van der Waals surface area (Å²) in [4.78, 5) is 25.2. The molecule has 7 nitrogen and oxygen atoms in total. The van der Waals surface area contributed by atoms with Crippen molar-refractivity contribution in [2.75, 3.05) is 6.26 Å². The number of amides is 1. The summed E-state index contributed by atoms with van der Waals surface area (Å²) in [5.74, 6) is -2.19. The standard InChI is InChI=1S/C28H25FN2O5S/c1-18-24(27(28(33)34)30-26(32)15-19-7-4-3-5-8-19)17-25(31(18)22-10-6-9-21(29)16-22)20-11-13-23(14-12-20)37(2,35)36/h3-14,16-17,27H,15H2,1-2H3,(H,30,32)(H,33,34). The Bertz CT molecular complexity index is 1560. The van der Waals surface area contributed by atoms with Crippen LogP contribution in [0.2, 0.25) is 0 Å². The molecule has 4 aromatic rings. The van der Waals surface area contributed by atoms with E-state index in [-0.39, 0.29) is 11.3 Å². The SMILES string of the molecule is Cc1c(C(NC(=O)Cc2ccccc2)C(=O)O)cc(-c2ccc(S(C)(=O)=O)cc2)n1-c1cccc(F)c1. The maximum Gasteiger partial charge on any atom is 0.330 e. The molecule has 0 radical (unpaired) electrons. The summed E-state index contributed by atoms with van der Waals surface area (Å²) in [5.41, 5.74) is 3.10. The van der Waals surface area contributed by atoms with Gasteiger partial charge in [-0.05, 0) is 54.4 Å². The van der Waals surface area contributed by atoms with Crippen molar-refractivity contribution in [3.8, 4) is 16.9 Å². The van der Waals surface area contributed by atoms with Gasteiger partial charge in [-0.25, -0.2) is 17.6 Å². The number of aliphatic carboxylic acids is 1. The van der Waals surface area contributed by atoms with Crippen LogP contribution in [-0.2, 0) is 25.8 Å². The fraction of sp³-hybridized carbons (Fsp3) is 0.143. The number of aromatic nitrogens is 1. The quantitative estimate of drug-likeness (QED) is 0.356. The van der Waals surface area contributed by atoms with E-state index in [1.54, 1.807) is 60.0 Å². The molecule has 1 aromatic heterocycles. The molecule has 4 rings (SSSR count). The Balaban J connectivity index is 1.80. The Morgan fingerprint density at radius 3 is 2.24 bits per heavy atom. The first-order valence-corrected chi connectivity index (χ1v) is 13.3. The maximum atomic E-state index is 14.1. The Kier molecular flexibility index (Phi) is 7.26. The van der Waals surface area contributed by atoms with Crippen molar-refractivity contribution in [1.82, 2.24) is 9.88 Å². The predicted octanol–water partition coefficient (Wildman–Crippen LogP) is 4.48. The van der Waals surface area contributed by atoms with Crippen molar-refractivity contribution in [3.05, 3.63) is 108 Å². The highest BCUT2D eigenvalue weighted by atomic mass is 32.2. The van der Waals surface area contributed by atoms with Crippen LogP contribution < -0.4 is 5.32 Å². The second-order valence-electron chi connectivity index (χ2n) is 8.68. The van der Waals surface area contributed by atoms with Gasteiger partial charge in [-0.15, -0.1) is 0 Å². The van der Waals surface area contributed by atoms with Crippen LogP contribution in [0, 0.1) is 12.7 Å². The van der Waals surface area contributed by atoms with Crippen LogP contribution in [0.1, 0.15) is 22.9 Å². The molecule has 190 valence electrons. The molecule has 1 amide bonds. The van der Waals surface area contributed by atoms with Gasteiger partial charge >= 0.3 is 5.97 Å². The van der Waals surface area contributed by atoms with Gasteiger partial charge in [0.15, 0.2) is 15.9 Å².